The lowest BCUT2D eigenvalue weighted by Crippen LogP contribution is -2.59. The Morgan fingerprint density at radius 2 is 1.46 bits per heavy atom. The van der Waals surface area contributed by atoms with Crippen LogP contribution in [0.15, 0.2) is 0 Å². The number of aliphatic hydroxyl groups is 7. The summed E-state index contributed by atoms with van der Waals surface area (Å²) in [6.45, 7) is 3.03. The first-order chi connectivity index (χ1) is 17.6. The molecule has 0 radical (unpaired) electrons. The van der Waals surface area contributed by atoms with Crippen LogP contribution < -0.4 is 5.32 Å². The lowest BCUT2D eigenvalue weighted by Gasteiger charge is -2.40. The summed E-state index contributed by atoms with van der Waals surface area (Å²) in [5.41, 5.74) is 0. The number of hydrogen-bond acceptors (Lipinski definition) is 12. The fourth-order valence-corrected chi connectivity index (χ4v) is 4.65. The summed E-state index contributed by atoms with van der Waals surface area (Å²) in [5, 5.41) is 72.1. The summed E-state index contributed by atoms with van der Waals surface area (Å²) in [6, 6.07) is 0. The van der Waals surface area contributed by atoms with E-state index in [1.165, 1.54) is 0 Å². The Labute approximate surface area is 217 Å². The smallest absolute Gasteiger partial charge is 0.219 e. The predicted molar refractivity (Wildman–Crippen MR) is 130 cm³/mol. The molecule has 2 saturated heterocycles. The number of carbonyl (C=O) groups is 1. The molecule has 0 aliphatic carbocycles. The van der Waals surface area contributed by atoms with Gasteiger partial charge in [-0.05, 0) is 45.7 Å². The molecule has 8 N–H and O–H groups in total. The first-order valence-electron chi connectivity index (χ1n) is 13.1. The zero-order valence-corrected chi connectivity index (χ0v) is 21.8. The normalized spacial score (nSPS) is 36.6. The van der Waals surface area contributed by atoms with Crippen molar-refractivity contribution in [2.45, 2.75) is 107 Å². The van der Waals surface area contributed by atoms with Crippen molar-refractivity contribution in [1.82, 2.24) is 10.2 Å². The minimum Gasteiger partial charge on any atom is -0.394 e. The maximum Gasteiger partial charge on any atom is 0.219 e. The highest BCUT2D eigenvalue weighted by atomic mass is 16.7. The summed E-state index contributed by atoms with van der Waals surface area (Å²) in [7, 11) is 1.60. The summed E-state index contributed by atoms with van der Waals surface area (Å²) >= 11 is 0. The zero-order chi connectivity index (χ0) is 27.5. The number of aliphatic hydroxyl groups excluding tert-OH is 7. The third kappa shape index (κ3) is 9.62. The average molecular weight is 539 g/mol. The number of carbonyl (C=O) groups excluding carboxylic acids is 1. The Kier molecular flexibility index (Phi) is 14.1. The molecule has 0 bridgehead atoms. The second-order valence-corrected chi connectivity index (χ2v) is 9.89. The van der Waals surface area contributed by atoms with Gasteiger partial charge in [0.25, 0.3) is 0 Å². The molecule has 218 valence electrons. The van der Waals surface area contributed by atoms with E-state index in [9.17, 15) is 40.5 Å². The third-order valence-electron chi connectivity index (χ3n) is 7.11. The number of unbranched alkanes of at least 4 members (excludes halogenated alkanes) is 2. The van der Waals surface area contributed by atoms with Gasteiger partial charge >= 0.3 is 0 Å². The van der Waals surface area contributed by atoms with E-state index >= 15 is 0 Å². The number of ether oxygens (including phenoxy) is 3. The highest BCUT2D eigenvalue weighted by molar-refractivity contribution is 5.75. The lowest BCUT2D eigenvalue weighted by molar-refractivity contribution is -0.301. The van der Waals surface area contributed by atoms with Crippen LogP contribution in [0, 0.1) is 0 Å². The molecule has 0 spiro atoms. The molecular weight excluding hydrogens is 492 g/mol. The van der Waals surface area contributed by atoms with Crippen LogP contribution in [-0.2, 0) is 19.0 Å². The van der Waals surface area contributed by atoms with Gasteiger partial charge in [0.15, 0.2) is 6.29 Å². The van der Waals surface area contributed by atoms with Crippen molar-refractivity contribution < 1.29 is 54.8 Å². The number of rotatable bonds is 15. The van der Waals surface area contributed by atoms with Gasteiger partial charge in [-0.1, -0.05) is 6.42 Å². The summed E-state index contributed by atoms with van der Waals surface area (Å²) in [5.74, 6) is -0.00245. The summed E-state index contributed by atoms with van der Waals surface area (Å²) < 4.78 is 16.7. The molecular formula is C24H46N2O11. The molecule has 0 aromatic heterocycles. The second-order valence-electron chi connectivity index (χ2n) is 9.89. The molecule has 0 aromatic rings. The molecule has 0 unspecified atom stereocenters. The van der Waals surface area contributed by atoms with Gasteiger partial charge in [-0.15, -0.1) is 0 Å². The van der Waals surface area contributed by atoms with Crippen LogP contribution >= 0.6 is 0 Å². The molecule has 2 aliphatic rings. The molecule has 0 aromatic carbocycles. The maximum absolute atomic E-state index is 11.4. The molecule has 13 nitrogen and oxygen atoms in total. The Morgan fingerprint density at radius 1 is 0.811 bits per heavy atom. The molecule has 0 saturated carbocycles. The van der Waals surface area contributed by atoms with Gasteiger partial charge in [0.1, 0.15) is 42.7 Å². The summed E-state index contributed by atoms with van der Waals surface area (Å²) in [4.78, 5) is 13.5. The Bertz CT molecular complexity index is 658. The van der Waals surface area contributed by atoms with Crippen LogP contribution in [-0.4, -0.2) is 148 Å². The molecule has 37 heavy (non-hydrogen) atoms. The van der Waals surface area contributed by atoms with Crippen LogP contribution in [0.4, 0.5) is 0 Å². The van der Waals surface area contributed by atoms with Crippen molar-refractivity contribution in [3.63, 3.8) is 0 Å². The Morgan fingerprint density at radius 3 is 2.14 bits per heavy atom. The Hall–Kier alpha value is -0.970. The van der Waals surface area contributed by atoms with Crippen molar-refractivity contribution in [3.05, 3.63) is 0 Å². The Balaban J connectivity index is 1.84. The zero-order valence-electron chi connectivity index (χ0n) is 21.8. The molecule has 13 heteroatoms. The fraction of sp³-hybridized carbons (Fsp3) is 0.958. The minimum atomic E-state index is -1.51. The van der Waals surface area contributed by atoms with Crippen LogP contribution in [0.3, 0.4) is 0 Å². The molecule has 2 fully saturated rings. The van der Waals surface area contributed by atoms with E-state index in [0.717, 1.165) is 19.3 Å². The van der Waals surface area contributed by atoms with Gasteiger partial charge in [-0.3, -0.25) is 4.79 Å². The molecule has 2 rings (SSSR count). The van der Waals surface area contributed by atoms with Crippen molar-refractivity contribution in [2.24, 2.45) is 0 Å². The second kappa shape index (κ2) is 16.2. The first kappa shape index (κ1) is 32.2. The molecule has 2 aliphatic heterocycles. The van der Waals surface area contributed by atoms with E-state index in [1.54, 1.807) is 14.0 Å². The quantitative estimate of drug-likeness (QED) is 0.0988. The van der Waals surface area contributed by atoms with E-state index in [-0.39, 0.29) is 12.5 Å². The standard InChI is InChI=1S/C24H46N2O11/c1-14-18(29)21(32)19(30)15(36-14)7-6-10-26(9-5-3-4-8-17(28)25-2)11-12-35-24-23(34)22(33)20(31)16(13-27)37-24/h14-16,18-24,27,29-34H,3-13H2,1-2H3,(H,25,28)/t14-,15-,16+,18+,19+,20+,21+,22-,23-,24-/m0/s1. The number of amides is 1. The SMILES string of the molecule is CNC(=O)CCCCCN(CCC[C@@H]1O[C@@H](C)[C@@H](O)[C@@H](O)[C@@H]1O)CCO[C@H]1O[C@H](CO)[C@@H](O)[C@H](O)[C@@H]1O. The van der Waals surface area contributed by atoms with Gasteiger partial charge in [-0.2, -0.15) is 0 Å². The van der Waals surface area contributed by atoms with E-state index in [1.807, 2.05) is 0 Å². The molecule has 2 heterocycles. The largest absolute Gasteiger partial charge is 0.394 e. The van der Waals surface area contributed by atoms with Gasteiger partial charge in [0, 0.05) is 20.0 Å². The molecule has 1 amide bonds. The van der Waals surface area contributed by atoms with Crippen molar-refractivity contribution in [3.8, 4) is 0 Å². The van der Waals surface area contributed by atoms with Gasteiger partial charge in [-0.25, -0.2) is 0 Å². The van der Waals surface area contributed by atoms with Crippen LogP contribution in [0.25, 0.3) is 0 Å². The summed E-state index contributed by atoms with van der Waals surface area (Å²) in [6.07, 6.45) is -7.46. The van der Waals surface area contributed by atoms with Gasteiger partial charge < -0.3 is 60.2 Å². The highest BCUT2D eigenvalue weighted by Gasteiger charge is 2.44. The van der Waals surface area contributed by atoms with E-state index in [4.69, 9.17) is 14.2 Å². The van der Waals surface area contributed by atoms with Crippen molar-refractivity contribution in [2.75, 3.05) is 39.9 Å². The predicted octanol–water partition coefficient (Wildman–Crippen LogP) is -2.94. The third-order valence-corrected chi connectivity index (χ3v) is 7.11. The lowest BCUT2D eigenvalue weighted by atomic mass is 9.93. The maximum atomic E-state index is 11.4. The molecule has 10 atom stereocenters. The minimum absolute atomic E-state index is 0.00245. The van der Waals surface area contributed by atoms with Crippen molar-refractivity contribution in [1.29, 1.82) is 0 Å². The number of nitrogens with one attached hydrogen (secondary N) is 1. The first-order valence-corrected chi connectivity index (χ1v) is 13.1. The number of nitrogens with zero attached hydrogens (tertiary/aromatic N) is 1. The number of hydrogen-bond donors (Lipinski definition) is 8. The van der Waals surface area contributed by atoms with Crippen LogP contribution in [0.1, 0.15) is 45.4 Å². The van der Waals surface area contributed by atoms with Gasteiger partial charge in [0.2, 0.25) is 5.91 Å². The van der Waals surface area contributed by atoms with E-state index < -0.39 is 67.8 Å². The van der Waals surface area contributed by atoms with E-state index in [0.29, 0.717) is 38.9 Å². The van der Waals surface area contributed by atoms with E-state index in [2.05, 4.69) is 10.2 Å². The van der Waals surface area contributed by atoms with Crippen molar-refractivity contribution >= 4 is 5.91 Å². The topological polar surface area (TPSA) is 202 Å². The van der Waals surface area contributed by atoms with Crippen LogP contribution in [0.2, 0.25) is 0 Å². The average Bonchev–Trinajstić information content (AvgIpc) is 2.89. The van der Waals surface area contributed by atoms with Crippen LogP contribution in [0.5, 0.6) is 0 Å². The fourth-order valence-electron chi connectivity index (χ4n) is 4.65. The monoisotopic (exact) mass is 538 g/mol. The van der Waals surface area contributed by atoms with Gasteiger partial charge in [0.05, 0.1) is 25.4 Å². The highest BCUT2D eigenvalue weighted by Crippen LogP contribution is 2.24.